The zero-order valence-corrected chi connectivity index (χ0v) is 16.5. The van der Waals surface area contributed by atoms with Gasteiger partial charge in [-0.3, -0.25) is 0 Å². The molecule has 25 heavy (non-hydrogen) atoms. The second-order valence-electron chi connectivity index (χ2n) is 8.62. The van der Waals surface area contributed by atoms with Crippen molar-refractivity contribution in [2.45, 2.75) is 65.7 Å². The highest BCUT2D eigenvalue weighted by atomic mass is 14.3. The van der Waals surface area contributed by atoms with Crippen molar-refractivity contribution in [3.8, 4) is 0 Å². The molecule has 2 aromatic carbocycles. The fraction of sp³-hybridized carbons (Fsp3) is 0.520. The average Bonchev–Trinajstić information content (AvgIpc) is 3.06. The molecule has 2 aromatic rings. The van der Waals surface area contributed by atoms with Gasteiger partial charge in [0.05, 0.1) is 0 Å². The van der Waals surface area contributed by atoms with Crippen molar-refractivity contribution in [2.24, 2.45) is 17.8 Å². The van der Waals surface area contributed by atoms with Gasteiger partial charge in [0.1, 0.15) is 0 Å². The van der Waals surface area contributed by atoms with Crippen LogP contribution in [0.15, 0.2) is 48.5 Å². The van der Waals surface area contributed by atoms with E-state index in [9.17, 15) is 0 Å². The number of fused-ring (bicyclic) bond motifs is 2. The molecule has 1 unspecified atom stereocenters. The number of benzene rings is 2. The summed E-state index contributed by atoms with van der Waals surface area (Å²) in [5.41, 5.74) is 6.36. The maximum absolute atomic E-state index is 2.34. The minimum Gasteiger partial charge on any atom is -0.0625 e. The quantitative estimate of drug-likeness (QED) is 0.565. The largest absolute Gasteiger partial charge is 0.0625 e. The van der Waals surface area contributed by atoms with E-state index >= 15 is 0 Å². The fourth-order valence-corrected chi connectivity index (χ4v) is 4.55. The first-order valence-corrected chi connectivity index (χ1v) is 10.2. The van der Waals surface area contributed by atoms with Crippen molar-refractivity contribution in [3.05, 3.63) is 70.8 Å². The number of aryl methyl sites for hydroxylation is 1. The van der Waals surface area contributed by atoms with Crippen LogP contribution in [0.2, 0.25) is 0 Å². The summed E-state index contributed by atoms with van der Waals surface area (Å²) in [7, 11) is 0. The first-order chi connectivity index (χ1) is 12.1. The van der Waals surface area contributed by atoms with Gasteiger partial charge in [-0.25, -0.2) is 0 Å². The minimum absolute atomic E-state index is 0.793. The Hall–Kier alpha value is -1.56. The summed E-state index contributed by atoms with van der Waals surface area (Å²) in [4.78, 5) is 0. The smallest absolute Gasteiger partial charge is 0.0136 e. The molecule has 134 valence electrons. The maximum atomic E-state index is 2.34. The SMILES string of the molecule is CC(C)C1CCCc2ccccc21.CC(C)C1Cc2ccccc2C1. The Balaban J connectivity index is 0.000000146. The van der Waals surface area contributed by atoms with E-state index in [1.165, 1.54) is 32.1 Å². The Bertz CT molecular complexity index is 655. The lowest BCUT2D eigenvalue weighted by atomic mass is 9.77. The van der Waals surface area contributed by atoms with Crippen LogP contribution >= 0.6 is 0 Å². The van der Waals surface area contributed by atoms with Crippen molar-refractivity contribution in [1.29, 1.82) is 0 Å². The highest BCUT2D eigenvalue weighted by Crippen LogP contribution is 2.36. The predicted octanol–water partition coefficient (Wildman–Crippen LogP) is 6.82. The van der Waals surface area contributed by atoms with Gasteiger partial charge in [-0.15, -0.1) is 0 Å². The summed E-state index contributed by atoms with van der Waals surface area (Å²) in [5, 5.41) is 0. The fourth-order valence-electron chi connectivity index (χ4n) is 4.55. The van der Waals surface area contributed by atoms with E-state index in [4.69, 9.17) is 0 Å². The molecular weight excluding hydrogens is 300 g/mol. The van der Waals surface area contributed by atoms with Crippen LogP contribution in [-0.4, -0.2) is 0 Å². The van der Waals surface area contributed by atoms with Gasteiger partial charge < -0.3 is 0 Å². The second kappa shape index (κ2) is 8.21. The molecule has 0 saturated heterocycles. The molecular formula is C25H34. The van der Waals surface area contributed by atoms with Crippen molar-refractivity contribution >= 4 is 0 Å². The molecule has 0 nitrogen and oxygen atoms in total. The lowest BCUT2D eigenvalue weighted by Gasteiger charge is -2.28. The highest BCUT2D eigenvalue weighted by molar-refractivity contribution is 5.33. The zero-order chi connectivity index (χ0) is 17.8. The van der Waals surface area contributed by atoms with Crippen molar-refractivity contribution in [3.63, 3.8) is 0 Å². The van der Waals surface area contributed by atoms with Crippen LogP contribution in [0, 0.1) is 17.8 Å². The third-order valence-electron chi connectivity index (χ3n) is 6.25. The van der Waals surface area contributed by atoms with Gasteiger partial charge in [-0.2, -0.15) is 0 Å². The van der Waals surface area contributed by atoms with Gasteiger partial charge in [0, 0.05) is 0 Å². The van der Waals surface area contributed by atoms with E-state index in [2.05, 4.69) is 76.2 Å². The monoisotopic (exact) mass is 334 g/mol. The first-order valence-electron chi connectivity index (χ1n) is 10.2. The zero-order valence-electron chi connectivity index (χ0n) is 16.5. The molecule has 0 heterocycles. The number of rotatable bonds is 2. The molecule has 1 atom stereocenters. The first kappa shape index (κ1) is 18.2. The summed E-state index contributed by atoms with van der Waals surface area (Å²) in [5.74, 6) is 3.33. The lowest BCUT2D eigenvalue weighted by Crippen LogP contribution is -2.14. The molecule has 0 fully saturated rings. The Kier molecular flexibility index (Phi) is 5.99. The molecule has 0 amide bonds. The van der Waals surface area contributed by atoms with Gasteiger partial charge >= 0.3 is 0 Å². The lowest BCUT2D eigenvalue weighted by molar-refractivity contribution is 0.404. The highest BCUT2D eigenvalue weighted by Gasteiger charge is 2.23. The molecule has 0 spiro atoms. The summed E-state index contributed by atoms with van der Waals surface area (Å²) < 4.78 is 0. The Morgan fingerprint density at radius 1 is 0.720 bits per heavy atom. The molecule has 4 rings (SSSR count). The minimum atomic E-state index is 0.793. The van der Waals surface area contributed by atoms with Gasteiger partial charge in [-0.05, 0) is 78.0 Å². The number of hydrogen-bond acceptors (Lipinski definition) is 0. The van der Waals surface area contributed by atoms with Crippen LogP contribution < -0.4 is 0 Å². The summed E-state index contributed by atoms with van der Waals surface area (Å²) in [6.07, 6.45) is 6.65. The second-order valence-corrected chi connectivity index (χ2v) is 8.62. The van der Waals surface area contributed by atoms with Gasteiger partial charge in [0.15, 0.2) is 0 Å². The van der Waals surface area contributed by atoms with E-state index in [1.54, 1.807) is 22.3 Å². The molecule has 0 aliphatic heterocycles. The van der Waals surface area contributed by atoms with E-state index in [-0.39, 0.29) is 0 Å². The Morgan fingerprint density at radius 3 is 1.84 bits per heavy atom. The van der Waals surface area contributed by atoms with Crippen LogP contribution in [-0.2, 0) is 19.3 Å². The van der Waals surface area contributed by atoms with Crippen LogP contribution in [0.4, 0.5) is 0 Å². The van der Waals surface area contributed by atoms with Crippen molar-refractivity contribution in [1.82, 2.24) is 0 Å². The molecule has 0 radical (unpaired) electrons. The third-order valence-corrected chi connectivity index (χ3v) is 6.25. The van der Waals surface area contributed by atoms with Crippen molar-refractivity contribution < 1.29 is 0 Å². The van der Waals surface area contributed by atoms with E-state index in [0.717, 1.165) is 23.7 Å². The van der Waals surface area contributed by atoms with Crippen molar-refractivity contribution in [2.75, 3.05) is 0 Å². The Morgan fingerprint density at radius 2 is 1.28 bits per heavy atom. The molecule has 0 bridgehead atoms. The Labute approximate surface area is 154 Å². The predicted molar refractivity (Wildman–Crippen MR) is 109 cm³/mol. The summed E-state index contributed by atoms with van der Waals surface area (Å²) in [6.45, 7) is 9.34. The average molecular weight is 335 g/mol. The molecule has 0 heteroatoms. The van der Waals surface area contributed by atoms with Gasteiger partial charge in [-0.1, -0.05) is 76.2 Å². The van der Waals surface area contributed by atoms with Crippen LogP contribution in [0.3, 0.4) is 0 Å². The third kappa shape index (κ3) is 4.35. The van der Waals surface area contributed by atoms with E-state index < -0.39 is 0 Å². The standard InChI is InChI=1S/C13H18.C12H16/c1-10(2)12-9-5-7-11-6-3-4-8-13(11)12;1-9(2)12-7-10-5-3-4-6-11(10)8-12/h3-4,6,8,10,12H,5,7,9H2,1-2H3;3-6,9,12H,7-8H2,1-2H3. The van der Waals surface area contributed by atoms with E-state index in [0.29, 0.717) is 0 Å². The summed E-state index contributed by atoms with van der Waals surface area (Å²) in [6, 6.07) is 17.8. The molecule has 0 N–H and O–H groups in total. The molecule has 0 aromatic heterocycles. The van der Waals surface area contributed by atoms with Crippen LogP contribution in [0.1, 0.15) is 68.7 Å². The topological polar surface area (TPSA) is 0 Å². The normalized spacial score (nSPS) is 19.4. The number of hydrogen-bond donors (Lipinski definition) is 0. The van der Waals surface area contributed by atoms with Gasteiger partial charge in [0.25, 0.3) is 0 Å². The van der Waals surface area contributed by atoms with Gasteiger partial charge in [0.2, 0.25) is 0 Å². The van der Waals surface area contributed by atoms with E-state index in [1.807, 2.05) is 0 Å². The van der Waals surface area contributed by atoms with Crippen LogP contribution in [0.5, 0.6) is 0 Å². The maximum Gasteiger partial charge on any atom is -0.0136 e. The summed E-state index contributed by atoms with van der Waals surface area (Å²) >= 11 is 0. The van der Waals surface area contributed by atoms with Crippen LogP contribution in [0.25, 0.3) is 0 Å². The molecule has 0 saturated carbocycles. The molecule has 2 aliphatic rings. The molecule has 2 aliphatic carbocycles.